The first kappa shape index (κ1) is 11.4. The minimum Gasteiger partial charge on any atom is -0.396 e. The van der Waals surface area contributed by atoms with Crippen molar-refractivity contribution in [3.63, 3.8) is 0 Å². The van der Waals surface area contributed by atoms with Crippen LogP contribution in [0.15, 0.2) is 42.6 Å². The Labute approximate surface area is 107 Å². The van der Waals surface area contributed by atoms with Gasteiger partial charge in [0.05, 0.1) is 5.69 Å². The van der Waals surface area contributed by atoms with Gasteiger partial charge in [0.15, 0.2) is 0 Å². The molecule has 0 saturated heterocycles. The molecule has 0 amide bonds. The number of hydrogen-bond donors (Lipinski definition) is 1. The molecule has 1 aliphatic rings. The Morgan fingerprint density at radius 3 is 2.72 bits per heavy atom. The van der Waals surface area contributed by atoms with E-state index in [2.05, 4.69) is 35.3 Å². The van der Waals surface area contributed by atoms with Crippen LogP contribution in [0.4, 0.5) is 0 Å². The number of aromatic nitrogens is 1. The first-order valence-electron chi connectivity index (χ1n) is 6.57. The third-order valence-corrected chi connectivity index (χ3v) is 3.71. The lowest BCUT2D eigenvalue weighted by atomic mass is 9.92. The van der Waals surface area contributed by atoms with Crippen LogP contribution in [0.5, 0.6) is 0 Å². The normalized spacial score (nSPS) is 16.4. The molecule has 2 heteroatoms. The number of pyridine rings is 1. The summed E-state index contributed by atoms with van der Waals surface area (Å²) in [4.78, 5) is 4.53. The quantitative estimate of drug-likeness (QED) is 0.830. The van der Waals surface area contributed by atoms with Crippen LogP contribution in [0.1, 0.15) is 36.3 Å². The Morgan fingerprint density at radius 2 is 1.83 bits per heavy atom. The maximum Gasteiger partial charge on any atom is 0.0743 e. The van der Waals surface area contributed by atoms with Crippen molar-refractivity contribution >= 4 is 0 Å². The zero-order valence-corrected chi connectivity index (χ0v) is 10.3. The summed E-state index contributed by atoms with van der Waals surface area (Å²) in [6.07, 6.45) is 4.90. The fourth-order valence-corrected chi connectivity index (χ4v) is 2.88. The Hall–Kier alpha value is -1.67. The van der Waals surface area contributed by atoms with Crippen LogP contribution in [-0.4, -0.2) is 16.7 Å². The van der Waals surface area contributed by atoms with Gasteiger partial charge in [0.2, 0.25) is 0 Å². The Kier molecular flexibility index (Phi) is 3.11. The molecule has 1 N–H and O–H groups in total. The highest BCUT2D eigenvalue weighted by Gasteiger charge is 2.28. The van der Waals surface area contributed by atoms with E-state index < -0.39 is 0 Å². The molecule has 0 bridgehead atoms. The van der Waals surface area contributed by atoms with E-state index in [1.807, 2.05) is 12.3 Å². The van der Waals surface area contributed by atoms with Crippen LogP contribution in [0.25, 0.3) is 11.3 Å². The van der Waals surface area contributed by atoms with Crippen molar-refractivity contribution in [2.75, 3.05) is 6.61 Å². The molecule has 92 valence electrons. The second-order valence-corrected chi connectivity index (χ2v) is 4.80. The van der Waals surface area contributed by atoms with Crippen LogP contribution in [-0.2, 0) is 0 Å². The van der Waals surface area contributed by atoms with Crippen molar-refractivity contribution in [1.29, 1.82) is 0 Å². The summed E-state index contributed by atoms with van der Waals surface area (Å²) in [5.41, 5.74) is 5.16. The summed E-state index contributed by atoms with van der Waals surface area (Å²) in [7, 11) is 0. The molecule has 0 fully saturated rings. The molecular weight excluding hydrogens is 222 g/mol. The maximum atomic E-state index is 8.92. The molecule has 1 heterocycles. The number of nitrogens with zero attached hydrogens (tertiary/aromatic N) is 1. The van der Waals surface area contributed by atoms with Gasteiger partial charge < -0.3 is 5.11 Å². The number of benzene rings is 1. The first-order chi connectivity index (χ1) is 8.92. The van der Waals surface area contributed by atoms with Gasteiger partial charge in [-0.15, -0.1) is 0 Å². The Bertz CT molecular complexity index is 505. The molecule has 0 radical (unpaired) electrons. The third-order valence-electron chi connectivity index (χ3n) is 3.71. The fourth-order valence-electron chi connectivity index (χ4n) is 2.88. The van der Waals surface area contributed by atoms with Crippen LogP contribution in [0.2, 0.25) is 0 Å². The second-order valence-electron chi connectivity index (χ2n) is 4.80. The van der Waals surface area contributed by atoms with E-state index in [4.69, 9.17) is 5.11 Å². The fraction of sp³-hybridized carbons (Fsp3) is 0.312. The summed E-state index contributed by atoms with van der Waals surface area (Å²) in [5.74, 6) is 0.455. The minimum atomic E-state index is 0.286. The summed E-state index contributed by atoms with van der Waals surface area (Å²) in [6.45, 7) is 0.286. The number of aliphatic hydroxyl groups is 1. The maximum absolute atomic E-state index is 8.92. The van der Waals surface area contributed by atoms with Crippen LogP contribution < -0.4 is 0 Å². The van der Waals surface area contributed by atoms with E-state index in [1.165, 1.54) is 16.7 Å². The average molecular weight is 239 g/mol. The van der Waals surface area contributed by atoms with E-state index >= 15 is 0 Å². The van der Waals surface area contributed by atoms with Gasteiger partial charge in [-0.2, -0.15) is 0 Å². The van der Waals surface area contributed by atoms with Crippen molar-refractivity contribution in [2.45, 2.75) is 25.2 Å². The molecular formula is C16H17NO. The van der Waals surface area contributed by atoms with Crippen molar-refractivity contribution in [2.24, 2.45) is 0 Å². The van der Waals surface area contributed by atoms with E-state index in [-0.39, 0.29) is 6.61 Å². The topological polar surface area (TPSA) is 33.1 Å². The standard InChI is InChI=1S/C16H17NO/c18-11-4-3-7-13-12-6-1-2-8-14(12)16-15(13)9-5-10-17-16/h1-2,5-6,8-10,13,18H,3-4,7,11H2. The molecule has 3 rings (SSSR count). The third kappa shape index (κ3) is 1.83. The van der Waals surface area contributed by atoms with Crippen LogP contribution in [0.3, 0.4) is 0 Å². The zero-order chi connectivity index (χ0) is 12.4. The summed E-state index contributed by atoms with van der Waals surface area (Å²) >= 11 is 0. The molecule has 0 spiro atoms. The summed E-state index contributed by atoms with van der Waals surface area (Å²) in [6, 6.07) is 12.8. The van der Waals surface area contributed by atoms with Gasteiger partial charge >= 0.3 is 0 Å². The van der Waals surface area contributed by atoms with E-state index in [0.717, 1.165) is 25.0 Å². The molecule has 1 aromatic heterocycles. The average Bonchev–Trinajstić information content (AvgIpc) is 2.74. The number of rotatable bonds is 4. The first-order valence-corrected chi connectivity index (χ1v) is 6.57. The van der Waals surface area contributed by atoms with Gasteiger partial charge in [-0.25, -0.2) is 0 Å². The molecule has 1 unspecified atom stereocenters. The number of hydrogen-bond acceptors (Lipinski definition) is 2. The van der Waals surface area contributed by atoms with Crippen molar-refractivity contribution in [3.8, 4) is 11.3 Å². The second kappa shape index (κ2) is 4.91. The number of unbranched alkanes of at least 4 members (excludes halogenated alkanes) is 1. The molecule has 2 nitrogen and oxygen atoms in total. The van der Waals surface area contributed by atoms with Gasteiger partial charge in [-0.1, -0.05) is 36.8 Å². The van der Waals surface area contributed by atoms with Crippen LogP contribution >= 0.6 is 0 Å². The lowest BCUT2D eigenvalue weighted by molar-refractivity contribution is 0.282. The molecule has 1 aliphatic carbocycles. The Balaban J connectivity index is 1.98. The monoisotopic (exact) mass is 239 g/mol. The summed E-state index contributed by atoms with van der Waals surface area (Å²) in [5, 5.41) is 8.92. The number of fused-ring (bicyclic) bond motifs is 3. The molecule has 0 saturated carbocycles. The van der Waals surface area contributed by atoms with Gasteiger partial charge in [-0.3, -0.25) is 4.98 Å². The van der Waals surface area contributed by atoms with Crippen LogP contribution in [0, 0.1) is 0 Å². The van der Waals surface area contributed by atoms with Gasteiger partial charge in [0.25, 0.3) is 0 Å². The van der Waals surface area contributed by atoms with Gasteiger partial charge in [0.1, 0.15) is 0 Å². The molecule has 1 atom stereocenters. The smallest absolute Gasteiger partial charge is 0.0743 e. The van der Waals surface area contributed by atoms with Crippen molar-refractivity contribution in [1.82, 2.24) is 4.98 Å². The SMILES string of the molecule is OCCCCC1c2ccccc2-c2ncccc21. The largest absolute Gasteiger partial charge is 0.396 e. The zero-order valence-electron chi connectivity index (χ0n) is 10.3. The predicted octanol–water partition coefficient (Wildman–Crippen LogP) is 3.36. The van der Waals surface area contributed by atoms with E-state index in [0.29, 0.717) is 5.92 Å². The Morgan fingerprint density at radius 1 is 1.00 bits per heavy atom. The van der Waals surface area contributed by atoms with E-state index in [9.17, 15) is 0 Å². The van der Waals surface area contributed by atoms with Crippen molar-refractivity contribution in [3.05, 3.63) is 53.7 Å². The highest BCUT2D eigenvalue weighted by atomic mass is 16.2. The van der Waals surface area contributed by atoms with E-state index in [1.54, 1.807) is 0 Å². The van der Waals surface area contributed by atoms with Crippen molar-refractivity contribution < 1.29 is 5.11 Å². The van der Waals surface area contributed by atoms with Gasteiger partial charge in [0, 0.05) is 24.3 Å². The summed E-state index contributed by atoms with van der Waals surface area (Å²) < 4.78 is 0. The highest BCUT2D eigenvalue weighted by Crippen LogP contribution is 2.45. The minimum absolute atomic E-state index is 0.286. The highest BCUT2D eigenvalue weighted by molar-refractivity contribution is 5.75. The lowest BCUT2D eigenvalue weighted by Gasteiger charge is -2.12. The predicted molar refractivity (Wildman–Crippen MR) is 72.5 cm³/mol. The molecule has 2 aromatic rings. The number of aliphatic hydroxyl groups excluding tert-OH is 1. The molecule has 18 heavy (non-hydrogen) atoms. The lowest BCUT2D eigenvalue weighted by Crippen LogP contribution is -1.97. The molecule has 1 aromatic carbocycles. The van der Waals surface area contributed by atoms with Gasteiger partial charge in [-0.05, 0) is 30.0 Å². The molecule has 0 aliphatic heterocycles.